The molecule has 1 aromatic rings. The van der Waals surface area contributed by atoms with Crippen molar-refractivity contribution in [3.8, 4) is 0 Å². The van der Waals surface area contributed by atoms with E-state index < -0.39 is 16.0 Å². The van der Waals surface area contributed by atoms with Crippen LogP contribution < -0.4 is 5.32 Å². The molecule has 8 heteroatoms. The number of carbonyl (C=O) groups excluding carboxylic acids is 2. The SMILES string of the molecule is CCN(CC)S(=O)(=O)c1ccc(C=CC(=O)OCC(=O)NC2CCCCC2C)cc1. The quantitative estimate of drug-likeness (QED) is 0.475. The molecule has 1 fully saturated rings. The summed E-state index contributed by atoms with van der Waals surface area (Å²) < 4.78 is 31.3. The lowest BCUT2D eigenvalue weighted by atomic mass is 9.86. The molecule has 1 aromatic carbocycles. The van der Waals surface area contributed by atoms with Gasteiger partial charge in [-0.3, -0.25) is 4.79 Å². The van der Waals surface area contributed by atoms with Gasteiger partial charge in [0, 0.05) is 25.2 Å². The van der Waals surface area contributed by atoms with Crippen LogP contribution >= 0.6 is 0 Å². The average Bonchev–Trinajstić information content (AvgIpc) is 2.73. The normalized spacial score (nSPS) is 19.7. The van der Waals surface area contributed by atoms with Crippen LogP contribution in [0, 0.1) is 5.92 Å². The molecule has 2 rings (SSSR count). The lowest BCUT2D eigenvalue weighted by Crippen LogP contribution is -2.42. The third-order valence-corrected chi connectivity index (χ3v) is 7.50. The average molecular weight is 437 g/mol. The van der Waals surface area contributed by atoms with Gasteiger partial charge in [0.25, 0.3) is 5.91 Å². The summed E-state index contributed by atoms with van der Waals surface area (Å²) in [5.41, 5.74) is 0.658. The second-order valence-electron chi connectivity index (χ2n) is 7.54. The van der Waals surface area contributed by atoms with Crippen molar-refractivity contribution < 1.29 is 22.7 Å². The molecule has 0 aromatic heterocycles. The van der Waals surface area contributed by atoms with Crippen LogP contribution in [0.3, 0.4) is 0 Å². The van der Waals surface area contributed by atoms with E-state index in [0.717, 1.165) is 19.3 Å². The maximum absolute atomic E-state index is 12.5. The Morgan fingerprint density at radius 2 is 1.77 bits per heavy atom. The molecular weight excluding hydrogens is 404 g/mol. The highest BCUT2D eigenvalue weighted by Crippen LogP contribution is 2.23. The monoisotopic (exact) mass is 436 g/mol. The molecule has 1 aliphatic rings. The number of nitrogens with one attached hydrogen (secondary N) is 1. The third kappa shape index (κ3) is 6.67. The predicted octanol–water partition coefficient (Wildman–Crippen LogP) is 2.97. The van der Waals surface area contributed by atoms with E-state index in [1.54, 1.807) is 26.0 Å². The predicted molar refractivity (Wildman–Crippen MR) is 116 cm³/mol. The summed E-state index contributed by atoms with van der Waals surface area (Å²) in [6.07, 6.45) is 7.10. The zero-order valence-electron chi connectivity index (χ0n) is 18.0. The molecule has 0 bridgehead atoms. The van der Waals surface area contributed by atoms with Gasteiger partial charge in [-0.15, -0.1) is 0 Å². The lowest BCUT2D eigenvalue weighted by Gasteiger charge is -2.29. The van der Waals surface area contributed by atoms with E-state index in [4.69, 9.17) is 4.74 Å². The fourth-order valence-electron chi connectivity index (χ4n) is 3.59. The second kappa shape index (κ2) is 11.3. The zero-order chi connectivity index (χ0) is 22.1. The van der Waals surface area contributed by atoms with Gasteiger partial charge in [-0.05, 0) is 42.5 Å². The Morgan fingerprint density at radius 3 is 2.37 bits per heavy atom. The van der Waals surface area contributed by atoms with Gasteiger partial charge in [0.2, 0.25) is 10.0 Å². The minimum atomic E-state index is -3.51. The van der Waals surface area contributed by atoms with Gasteiger partial charge in [-0.2, -0.15) is 4.31 Å². The molecule has 0 heterocycles. The first-order chi connectivity index (χ1) is 14.3. The van der Waals surface area contributed by atoms with E-state index >= 15 is 0 Å². The van der Waals surface area contributed by atoms with Crippen molar-refractivity contribution in [2.45, 2.75) is 57.4 Å². The third-order valence-electron chi connectivity index (χ3n) is 5.44. The summed E-state index contributed by atoms with van der Waals surface area (Å²) in [6.45, 7) is 6.20. The van der Waals surface area contributed by atoms with Crippen LogP contribution in [0.1, 0.15) is 52.0 Å². The number of amides is 1. The topological polar surface area (TPSA) is 92.8 Å². The smallest absolute Gasteiger partial charge is 0.331 e. The first-order valence-electron chi connectivity index (χ1n) is 10.5. The van der Waals surface area contributed by atoms with Crippen LogP contribution in [-0.4, -0.2) is 50.3 Å². The summed E-state index contributed by atoms with van der Waals surface area (Å²) >= 11 is 0. The largest absolute Gasteiger partial charge is 0.452 e. The molecule has 166 valence electrons. The van der Waals surface area contributed by atoms with Crippen molar-refractivity contribution >= 4 is 28.0 Å². The Hall–Kier alpha value is -2.19. The van der Waals surface area contributed by atoms with Crippen molar-refractivity contribution in [1.82, 2.24) is 9.62 Å². The minimum absolute atomic E-state index is 0.145. The molecule has 2 atom stereocenters. The van der Waals surface area contributed by atoms with Crippen molar-refractivity contribution in [2.24, 2.45) is 5.92 Å². The first-order valence-corrected chi connectivity index (χ1v) is 12.0. The molecule has 1 saturated carbocycles. The Labute approximate surface area is 179 Å². The van der Waals surface area contributed by atoms with Crippen molar-refractivity contribution in [3.05, 3.63) is 35.9 Å². The van der Waals surface area contributed by atoms with Crippen LogP contribution in [0.5, 0.6) is 0 Å². The number of hydrogen-bond acceptors (Lipinski definition) is 5. The number of benzene rings is 1. The number of hydrogen-bond donors (Lipinski definition) is 1. The fraction of sp³-hybridized carbons (Fsp3) is 0.545. The summed E-state index contributed by atoms with van der Waals surface area (Å²) in [6, 6.07) is 6.41. The van der Waals surface area contributed by atoms with Crippen LogP contribution in [0.2, 0.25) is 0 Å². The highest BCUT2D eigenvalue weighted by Gasteiger charge is 2.23. The highest BCUT2D eigenvalue weighted by molar-refractivity contribution is 7.89. The van der Waals surface area contributed by atoms with E-state index in [2.05, 4.69) is 12.2 Å². The van der Waals surface area contributed by atoms with Gasteiger partial charge in [0.05, 0.1) is 4.90 Å². The number of carbonyl (C=O) groups is 2. The maximum atomic E-state index is 12.5. The van der Waals surface area contributed by atoms with Gasteiger partial charge in [-0.25, -0.2) is 13.2 Å². The van der Waals surface area contributed by atoms with Gasteiger partial charge >= 0.3 is 5.97 Å². The molecule has 0 aliphatic heterocycles. The number of esters is 1. The molecule has 30 heavy (non-hydrogen) atoms. The van der Waals surface area contributed by atoms with E-state index in [9.17, 15) is 18.0 Å². The molecule has 2 unspecified atom stereocenters. The van der Waals surface area contributed by atoms with Crippen LogP contribution in [0.4, 0.5) is 0 Å². The first kappa shape index (κ1) is 24.1. The van der Waals surface area contributed by atoms with Crippen LogP contribution in [-0.2, 0) is 24.3 Å². The molecule has 1 amide bonds. The zero-order valence-corrected chi connectivity index (χ0v) is 18.8. The summed E-state index contributed by atoms with van der Waals surface area (Å²) in [5, 5.41) is 2.94. The molecule has 0 spiro atoms. The second-order valence-corrected chi connectivity index (χ2v) is 9.47. The molecular formula is C22H32N2O5S. The van der Waals surface area contributed by atoms with E-state index in [0.29, 0.717) is 24.6 Å². The van der Waals surface area contributed by atoms with Gasteiger partial charge < -0.3 is 10.1 Å². The Kier molecular flexibility index (Phi) is 9.05. The molecule has 1 aliphatic carbocycles. The highest BCUT2D eigenvalue weighted by atomic mass is 32.2. The number of sulfonamides is 1. The lowest BCUT2D eigenvalue weighted by molar-refractivity contribution is -0.144. The number of rotatable bonds is 9. The van der Waals surface area contributed by atoms with Crippen LogP contribution in [0.25, 0.3) is 6.08 Å². The standard InChI is InChI=1S/C22H32N2O5S/c1-4-24(5-2)30(27,28)19-13-10-18(11-14-19)12-15-22(26)29-16-21(25)23-20-9-7-6-8-17(20)3/h10-15,17,20H,4-9,16H2,1-3H3,(H,23,25). The Balaban J connectivity index is 1.85. The van der Waals surface area contributed by atoms with E-state index in [1.807, 2.05) is 0 Å². The summed E-state index contributed by atoms with van der Waals surface area (Å²) in [7, 11) is -3.51. The molecule has 0 saturated heterocycles. The minimum Gasteiger partial charge on any atom is -0.452 e. The van der Waals surface area contributed by atoms with E-state index in [-0.39, 0.29) is 23.5 Å². The summed E-state index contributed by atoms with van der Waals surface area (Å²) in [4.78, 5) is 24.1. The van der Waals surface area contributed by atoms with Crippen molar-refractivity contribution in [2.75, 3.05) is 19.7 Å². The van der Waals surface area contributed by atoms with E-state index in [1.165, 1.54) is 35.0 Å². The molecule has 0 radical (unpaired) electrons. The fourth-order valence-corrected chi connectivity index (χ4v) is 5.05. The summed E-state index contributed by atoms with van der Waals surface area (Å²) in [5.74, 6) is -0.477. The molecule has 1 N–H and O–H groups in total. The van der Waals surface area contributed by atoms with Gasteiger partial charge in [-0.1, -0.05) is 45.7 Å². The van der Waals surface area contributed by atoms with Crippen LogP contribution in [0.15, 0.2) is 35.2 Å². The van der Waals surface area contributed by atoms with Crippen molar-refractivity contribution in [1.29, 1.82) is 0 Å². The molecule has 7 nitrogen and oxygen atoms in total. The maximum Gasteiger partial charge on any atom is 0.331 e. The van der Waals surface area contributed by atoms with Gasteiger partial charge in [0.1, 0.15) is 0 Å². The Morgan fingerprint density at radius 1 is 1.13 bits per heavy atom. The van der Waals surface area contributed by atoms with Crippen molar-refractivity contribution in [3.63, 3.8) is 0 Å². The number of nitrogens with zero attached hydrogens (tertiary/aromatic N) is 1. The van der Waals surface area contributed by atoms with Gasteiger partial charge in [0.15, 0.2) is 6.61 Å². The number of ether oxygens (including phenoxy) is 1. The Bertz CT molecular complexity index is 845.